The first-order chi connectivity index (χ1) is 9.66. The van der Waals surface area contributed by atoms with Crippen LogP contribution in [-0.2, 0) is 10.0 Å². The van der Waals surface area contributed by atoms with E-state index in [-0.39, 0.29) is 5.54 Å². The number of benzene rings is 1. The van der Waals surface area contributed by atoms with Gasteiger partial charge in [-0.3, -0.25) is 0 Å². The van der Waals surface area contributed by atoms with Crippen LogP contribution in [-0.4, -0.2) is 27.0 Å². The molecule has 21 heavy (non-hydrogen) atoms. The van der Waals surface area contributed by atoms with Gasteiger partial charge < -0.3 is 5.32 Å². The number of sulfonamides is 1. The van der Waals surface area contributed by atoms with Crippen molar-refractivity contribution in [1.29, 1.82) is 0 Å². The molecule has 4 nitrogen and oxygen atoms in total. The van der Waals surface area contributed by atoms with Crippen LogP contribution in [0.3, 0.4) is 0 Å². The van der Waals surface area contributed by atoms with E-state index in [4.69, 9.17) is 0 Å². The third kappa shape index (κ3) is 3.30. The van der Waals surface area contributed by atoms with Crippen molar-refractivity contribution in [2.45, 2.75) is 57.9 Å². The molecule has 1 fully saturated rings. The fraction of sp³-hybridized carbons (Fsp3) is 0.625. The first-order valence-electron chi connectivity index (χ1n) is 7.48. The molecule has 0 atom stereocenters. The summed E-state index contributed by atoms with van der Waals surface area (Å²) in [7, 11) is -3.50. The van der Waals surface area contributed by atoms with Gasteiger partial charge in [0.25, 0.3) is 0 Å². The molecule has 0 aromatic heterocycles. The van der Waals surface area contributed by atoms with E-state index in [2.05, 4.69) is 16.1 Å². The predicted octanol–water partition coefficient (Wildman–Crippen LogP) is 2.34. The highest BCUT2D eigenvalue weighted by atomic mass is 32.2. The van der Waals surface area contributed by atoms with E-state index in [0.717, 1.165) is 48.2 Å². The molecule has 0 radical (unpaired) electrons. The summed E-state index contributed by atoms with van der Waals surface area (Å²) in [5.74, 6) is 0. The maximum atomic E-state index is 12.9. The Kier molecular flexibility index (Phi) is 4.47. The highest BCUT2D eigenvalue weighted by Crippen LogP contribution is 2.28. The van der Waals surface area contributed by atoms with E-state index >= 15 is 0 Å². The summed E-state index contributed by atoms with van der Waals surface area (Å²) in [6.45, 7) is 11.4. The van der Waals surface area contributed by atoms with Crippen molar-refractivity contribution in [2.75, 3.05) is 13.1 Å². The zero-order valence-electron chi connectivity index (χ0n) is 13.6. The van der Waals surface area contributed by atoms with Crippen LogP contribution < -0.4 is 10.0 Å². The zero-order valence-corrected chi connectivity index (χ0v) is 14.4. The van der Waals surface area contributed by atoms with Gasteiger partial charge in [-0.15, -0.1) is 0 Å². The molecule has 0 unspecified atom stereocenters. The molecule has 0 spiro atoms. The average Bonchev–Trinajstić information content (AvgIpc) is 2.36. The molecule has 2 rings (SSSR count). The molecule has 5 heteroatoms. The van der Waals surface area contributed by atoms with Gasteiger partial charge in [-0.1, -0.05) is 6.07 Å². The van der Waals surface area contributed by atoms with Crippen LogP contribution in [0.4, 0.5) is 0 Å². The highest BCUT2D eigenvalue weighted by Gasteiger charge is 2.33. The lowest BCUT2D eigenvalue weighted by molar-refractivity contribution is 0.308. The number of nitrogens with one attached hydrogen (secondary N) is 2. The second kappa shape index (κ2) is 5.71. The van der Waals surface area contributed by atoms with Crippen molar-refractivity contribution in [1.82, 2.24) is 10.0 Å². The second-order valence-electron chi connectivity index (χ2n) is 6.51. The number of hydrogen-bond donors (Lipinski definition) is 2. The number of piperidine rings is 1. The van der Waals surface area contributed by atoms with Gasteiger partial charge in [0.1, 0.15) is 0 Å². The smallest absolute Gasteiger partial charge is 0.241 e. The fourth-order valence-electron chi connectivity index (χ4n) is 3.04. The summed E-state index contributed by atoms with van der Waals surface area (Å²) in [5.41, 5.74) is 3.38. The third-order valence-electron chi connectivity index (χ3n) is 4.65. The second-order valence-corrected chi connectivity index (χ2v) is 8.12. The average molecular weight is 310 g/mol. The molecule has 118 valence electrons. The molecule has 1 aliphatic heterocycles. The van der Waals surface area contributed by atoms with Crippen molar-refractivity contribution in [2.24, 2.45) is 0 Å². The number of hydrogen-bond acceptors (Lipinski definition) is 3. The van der Waals surface area contributed by atoms with Crippen LogP contribution in [0.2, 0.25) is 0 Å². The highest BCUT2D eigenvalue weighted by molar-refractivity contribution is 7.89. The Balaban J connectivity index is 2.45. The van der Waals surface area contributed by atoms with Crippen molar-refractivity contribution in [3.8, 4) is 0 Å². The standard InChI is InChI=1S/C16H26N2O2S/c1-11-10-12(2)14(4)15(13(11)3)21(19,20)18-16(5)6-8-17-9-7-16/h10,17-18H,6-9H2,1-5H3. The Morgan fingerprint density at radius 1 is 1.05 bits per heavy atom. The summed E-state index contributed by atoms with van der Waals surface area (Å²) >= 11 is 0. The van der Waals surface area contributed by atoms with Crippen LogP contribution in [0, 0.1) is 27.7 Å². The largest absolute Gasteiger partial charge is 0.317 e. The van der Waals surface area contributed by atoms with Crippen LogP contribution in [0.25, 0.3) is 0 Å². The van der Waals surface area contributed by atoms with Crippen molar-refractivity contribution < 1.29 is 8.42 Å². The van der Waals surface area contributed by atoms with Gasteiger partial charge in [0.15, 0.2) is 0 Å². The Hall–Kier alpha value is -0.910. The summed E-state index contributed by atoms with van der Waals surface area (Å²) in [5, 5.41) is 3.27. The zero-order chi connectivity index (χ0) is 15.8. The van der Waals surface area contributed by atoms with E-state index in [1.165, 1.54) is 0 Å². The Morgan fingerprint density at radius 2 is 1.52 bits per heavy atom. The van der Waals surface area contributed by atoms with Gasteiger partial charge in [-0.25, -0.2) is 13.1 Å². The SMILES string of the molecule is Cc1cc(C)c(C)c(S(=O)(=O)NC2(C)CCNCC2)c1C. The van der Waals surface area contributed by atoms with Gasteiger partial charge in [0, 0.05) is 5.54 Å². The molecule has 1 aromatic carbocycles. The summed E-state index contributed by atoms with van der Waals surface area (Å²) in [6.07, 6.45) is 1.63. The summed E-state index contributed by atoms with van der Waals surface area (Å²) < 4.78 is 28.8. The molecule has 1 aromatic rings. The van der Waals surface area contributed by atoms with Crippen molar-refractivity contribution >= 4 is 10.0 Å². The first kappa shape index (κ1) is 16.5. The lowest BCUT2D eigenvalue weighted by Crippen LogP contribution is -2.52. The lowest BCUT2D eigenvalue weighted by atomic mass is 9.92. The molecular weight excluding hydrogens is 284 g/mol. The third-order valence-corrected chi connectivity index (χ3v) is 6.57. The minimum atomic E-state index is -3.50. The van der Waals surface area contributed by atoms with Gasteiger partial charge in [0.05, 0.1) is 4.90 Å². The van der Waals surface area contributed by atoms with Crippen LogP contribution in [0.15, 0.2) is 11.0 Å². The van der Waals surface area contributed by atoms with Crippen LogP contribution in [0.5, 0.6) is 0 Å². The van der Waals surface area contributed by atoms with Crippen molar-refractivity contribution in [3.63, 3.8) is 0 Å². The van der Waals surface area contributed by atoms with E-state index < -0.39 is 10.0 Å². The van der Waals surface area contributed by atoms with Crippen LogP contribution in [0.1, 0.15) is 42.0 Å². The Morgan fingerprint density at radius 3 is 2.00 bits per heavy atom. The maximum absolute atomic E-state index is 12.9. The minimum absolute atomic E-state index is 0.361. The van der Waals surface area contributed by atoms with Crippen molar-refractivity contribution in [3.05, 3.63) is 28.3 Å². The van der Waals surface area contributed by atoms with E-state index in [1.807, 2.05) is 34.6 Å². The number of aryl methyl sites for hydroxylation is 2. The monoisotopic (exact) mass is 310 g/mol. The lowest BCUT2D eigenvalue weighted by Gasteiger charge is -2.35. The van der Waals surface area contributed by atoms with Crippen LogP contribution >= 0.6 is 0 Å². The molecule has 1 heterocycles. The summed E-state index contributed by atoms with van der Waals surface area (Å²) in [4.78, 5) is 0.458. The predicted molar refractivity (Wildman–Crippen MR) is 86.2 cm³/mol. The van der Waals surface area contributed by atoms with E-state index in [0.29, 0.717) is 4.90 Å². The van der Waals surface area contributed by atoms with E-state index in [1.54, 1.807) is 0 Å². The molecule has 1 aliphatic rings. The fourth-order valence-corrected chi connectivity index (χ4v) is 5.12. The van der Waals surface area contributed by atoms with Gasteiger partial charge >= 0.3 is 0 Å². The molecule has 0 amide bonds. The molecule has 2 N–H and O–H groups in total. The normalized spacial score (nSPS) is 18.7. The molecule has 0 bridgehead atoms. The Labute approximate surface area is 128 Å². The molecule has 0 aliphatic carbocycles. The van der Waals surface area contributed by atoms with Gasteiger partial charge in [-0.05, 0) is 82.8 Å². The molecule has 1 saturated heterocycles. The number of rotatable bonds is 3. The van der Waals surface area contributed by atoms with E-state index in [9.17, 15) is 8.42 Å². The topological polar surface area (TPSA) is 58.2 Å². The molecule has 0 saturated carbocycles. The molecular formula is C16H26N2O2S. The summed E-state index contributed by atoms with van der Waals surface area (Å²) in [6, 6.07) is 2.05. The Bertz CT molecular complexity index is 618. The first-order valence-corrected chi connectivity index (χ1v) is 8.97. The van der Waals surface area contributed by atoms with Gasteiger partial charge in [-0.2, -0.15) is 0 Å². The minimum Gasteiger partial charge on any atom is -0.317 e. The maximum Gasteiger partial charge on any atom is 0.241 e. The van der Waals surface area contributed by atoms with Gasteiger partial charge in [0.2, 0.25) is 10.0 Å². The quantitative estimate of drug-likeness (QED) is 0.901.